The van der Waals surface area contributed by atoms with Gasteiger partial charge in [-0.3, -0.25) is 23.4 Å². The van der Waals surface area contributed by atoms with Crippen molar-refractivity contribution in [3.8, 4) is 0 Å². The number of aromatic nitrogens is 4. The Labute approximate surface area is 191 Å². The van der Waals surface area contributed by atoms with Crippen LogP contribution in [0.25, 0.3) is 11.0 Å². The highest BCUT2D eigenvalue weighted by atomic mass is 16.2. The molecule has 0 fully saturated rings. The second kappa shape index (κ2) is 9.28. The molecule has 0 bridgehead atoms. The van der Waals surface area contributed by atoms with Crippen molar-refractivity contribution in [3.63, 3.8) is 0 Å². The number of amides is 1. The number of carbonyl (C=O) groups is 1. The lowest BCUT2D eigenvalue weighted by molar-refractivity contribution is -0.116. The highest BCUT2D eigenvalue weighted by molar-refractivity contribution is 5.91. The Balaban J connectivity index is 1.76. The normalized spacial score (nSPS) is 11.1. The van der Waals surface area contributed by atoms with Crippen LogP contribution in [0.2, 0.25) is 0 Å². The number of hydrogen-bond acceptors (Lipinski definition) is 4. The van der Waals surface area contributed by atoms with Crippen LogP contribution in [0.5, 0.6) is 0 Å². The zero-order chi connectivity index (χ0) is 23.5. The summed E-state index contributed by atoms with van der Waals surface area (Å²) in [6.45, 7) is 6.08. The fourth-order valence-corrected chi connectivity index (χ4v) is 4.00. The van der Waals surface area contributed by atoms with E-state index in [0.717, 1.165) is 11.1 Å². The molecule has 0 radical (unpaired) electrons. The number of fused-ring (bicyclic) bond motifs is 1. The first-order chi connectivity index (χ1) is 15.9. The van der Waals surface area contributed by atoms with Gasteiger partial charge in [0.15, 0.2) is 5.52 Å². The van der Waals surface area contributed by atoms with Crippen molar-refractivity contribution in [3.05, 3.63) is 92.3 Å². The average Bonchev–Trinajstić information content (AvgIpc) is 3.15. The molecule has 4 rings (SSSR count). The van der Waals surface area contributed by atoms with E-state index in [9.17, 15) is 14.4 Å². The third kappa shape index (κ3) is 4.50. The second-order valence-corrected chi connectivity index (χ2v) is 8.07. The summed E-state index contributed by atoms with van der Waals surface area (Å²) in [4.78, 5) is 39.6. The van der Waals surface area contributed by atoms with Crippen LogP contribution in [0.3, 0.4) is 0 Å². The number of hydrogen-bond donors (Lipinski definition) is 1. The Kier molecular flexibility index (Phi) is 6.26. The van der Waals surface area contributed by atoms with Crippen LogP contribution in [-0.2, 0) is 30.8 Å². The van der Waals surface area contributed by atoms with Gasteiger partial charge < -0.3 is 5.32 Å². The van der Waals surface area contributed by atoms with E-state index >= 15 is 0 Å². The molecule has 0 atom stereocenters. The van der Waals surface area contributed by atoms with E-state index in [0.29, 0.717) is 35.4 Å². The SMILES string of the molecule is CCn1nc(C)c2c1c(=O)n(CCc1ccccc1)c(=O)n2CC(=O)Nc1ccc(C)cc1. The maximum atomic E-state index is 13.4. The van der Waals surface area contributed by atoms with E-state index in [1.807, 2.05) is 68.4 Å². The van der Waals surface area contributed by atoms with Crippen molar-refractivity contribution in [1.29, 1.82) is 0 Å². The predicted octanol–water partition coefficient (Wildman–Crippen LogP) is 2.88. The Bertz CT molecular complexity index is 1410. The first-order valence-electron chi connectivity index (χ1n) is 11.0. The van der Waals surface area contributed by atoms with Crippen LogP contribution in [0.4, 0.5) is 5.69 Å². The largest absolute Gasteiger partial charge is 0.332 e. The summed E-state index contributed by atoms with van der Waals surface area (Å²) >= 11 is 0. The van der Waals surface area contributed by atoms with E-state index < -0.39 is 5.69 Å². The van der Waals surface area contributed by atoms with Gasteiger partial charge in [-0.2, -0.15) is 5.10 Å². The van der Waals surface area contributed by atoms with Crippen molar-refractivity contribution >= 4 is 22.6 Å². The summed E-state index contributed by atoms with van der Waals surface area (Å²) in [6.07, 6.45) is 0.524. The van der Waals surface area contributed by atoms with Crippen LogP contribution < -0.4 is 16.6 Å². The molecule has 1 amide bonds. The molecule has 8 heteroatoms. The number of anilines is 1. The average molecular weight is 446 g/mol. The number of nitrogens with zero attached hydrogens (tertiary/aromatic N) is 4. The molecule has 33 heavy (non-hydrogen) atoms. The molecule has 0 aliphatic heterocycles. The highest BCUT2D eigenvalue weighted by Crippen LogP contribution is 2.15. The van der Waals surface area contributed by atoms with Crippen LogP contribution in [0.1, 0.15) is 23.7 Å². The second-order valence-electron chi connectivity index (χ2n) is 8.07. The number of carbonyl (C=O) groups excluding carboxylic acids is 1. The molecule has 0 saturated heterocycles. The molecule has 0 saturated carbocycles. The smallest absolute Gasteiger partial charge is 0.325 e. The zero-order valence-corrected chi connectivity index (χ0v) is 19.0. The maximum Gasteiger partial charge on any atom is 0.332 e. The van der Waals surface area contributed by atoms with Gasteiger partial charge in [-0.15, -0.1) is 0 Å². The van der Waals surface area contributed by atoms with Gasteiger partial charge in [-0.05, 0) is 44.9 Å². The van der Waals surface area contributed by atoms with Crippen molar-refractivity contribution in [2.24, 2.45) is 0 Å². The lowest BCUT2D eigenvalue weighted by Crippen LogP contribution is -2.42. The molecular weight excluding hydrogens is 418 g/mol. The van der Waals surface area contributed by atoms with Crippen molar-refractivity contribution in [1.82, 2.24) is 18.9 Å². The van der Waals surface area contributed by atoms with E-state index in [-0.39, 0.29) is 24.6 Å². The third-order valence-electron chi connectivity index (χ3n) is 5.68. The first-order valence-corrected chi connectivity index (χ1v) is 11.0. The minimum atomic E-state index is -0.513. The van der Waals surface area contributed by atoms with E-state index in [4.69, 9.17) is 0 Å². The Morgan fingerprint density at radius 1 is 0.939 bits per heavy atom. The van der Waals surface area contributed by atoms with E-state index in [1.54, 1.807) is 11.6 Å². The van der Waals surface area contributed by atoms with Crippen LogP contribution in [-0.4, -0.2) is 24.8 Å². The fraction of sp³-hybridized carbons (Fsp3) is 0.280. The molecule has 4 aromatic rings. The molecule has 2 aromatic carbocycles. The van der Waals surface area contributed by atoms with Gasteiger partial charge in [0.2, 0.25) is 5.91 Å². The molecule has 0 spiro atoms. The lowest BCUT2D eigenvalue weighted by atomic mass is 10.1. The van der Waals surface area contributed by atoms with Crippen LogP contribution in [0.15, 0.2) is 64.2 Å². The van der Waals surface area contributed by atoms with Gasteiger partial charge in [0.25, 0.3) is 5.56 Å². The van der Waals surface area contributed by atoms with Gasteiger partial charge in [0, 0.05) is 18.8 Å². The quantitative estimate of drug-likeness (QED) is 0.474. The van der Waals surface area contributed by atoms with E-state index in [1.165, 1.54) is 9.13 Å². The molecule has 0 unspecified atom stereocenters. The fourth-order valence-electron chi connectivity index (χ4n) is 4.00. The van der Waals surface area contributed by atoms with Gasteiger partial charge in [-0.1, -0.05) is 48.0 Å². The van der Waals surface area contributed by atoms with Gasteiger partial charge >= 0.3 is 5.69 Å². The minimum absolute atomic E-state index is 0.213. The number of nitrogens with one attached hydrogen (secondary N) is 1. The summed E-state index contributed by atoms with van der Waals surface area (Å²) in [5.41, 5.74) is 3.14. The van der Waals surface area contributed by atoms with Crippen molar-refractivity contribution in [2.45, 2.75) is 46.8 Å². The number of benzene rings is 2. The molecular formula is C25H27N5O3. The highest BCUT2D eigenvalue weighted by Gasteiger charge is 2.21. The number of rotatable bonds is 7. The summed E-state index contributed by atoms with van der Waals surface area (Å²) in [5.74, 6) is -0.348. The lowest BCUT2D eigenvalue weighted by Gasteiger charge is -2.13. The molecule has 2 aromatic heterocycles. The molecule has 170 valence electrons. The summed E-state index contributed by atoms with van der Waals surface area (Å²) in [5, 5.41) is 7.27. The Morgan fingerprint density at radius 3 is 2.30 bits per heavy atom. The van der Waals surface area contributed by atoms with Crippen molar-refractivity contribution in [2.75, 3.05) is 5.32 Å². The molecule has 0 aliphatic rings. The predicted molar refractivity (Wildman–Crippen MR) is 129 cm³/mol. The molecule has 2 heterocycles. The monoisotopic (exact) mass is 445 g/mol. The van der Waals surface area contributed by atoms with Crippen LogP contribution in [0, 0.1) is 13.8 Å². The summed E-state index contributed by atoms with van der Waals surface area (Å²) in [6, 6.07) is 17.1. The summed E-state index contributed by atoms with van der Waals surface area (Å²) < 4.78 is 4.17. The Morgan fingerprint density at radius 2 is 1.64 bits per heavy atom. The minimum Gasteiger partial charge on any atom is -0.325 e. The third-order valence-corrected chi connectivity index (χ3v) is 5.68. The van der Waals surface area contributed by atoms with Crippen molar-refractivity contribution < 1.29 is 4.79 Å². The Hall–Kier alpha value is -3.94. The zero-order valence-electron chi connectivity index (χ0n) is 19.0. The van der Waals surface area contributed by atoms with Gasteiger partial charge in [0.05, 0.1) is 5.69 Å². The van der Waals surface area contributed by atoms with Gasteiger partial charge in [-0.25, -0.2) is 4.79 Å². The number of aryl methyl sites for hydroxylation is 4. The molecule has 0 aliphatic carbocycles. The summed E-state index contributed by atoms with van der Waals surface area (Å²) in [7, 11) is 0. The molecule has 1 N–H and O–H groups in total. The first kappa shape index (κ1) is 22.3. The van der Waals surface area contributed by atoms with E-state index in [2.05, 4.69) is 10.4 Å². The van der Waals surface area contributed by atoms with Gasteiger partial charge in [0.1, 0.15) is 12.1 Å². The molecule has 8 nitrogen and oxygen atoms in total. The standard InChI is InChI=1S/C25H27N5O3/c1-4-30-23-22(18(3)27-30)29(16-21(31)26-20-12-10-17(2)11-13-20)25(33)28(24(23)32)15-14-19-8-6-5-7-9-19/h5-13H,4,14-16H2,1-3H3,(H,26,31). The maximum absolute atomic E-state index is 13.4. The van der Waals surface area contributed by atoms with Crippen LogP contribution >= 0.6 is 0 Å². The topological polar surface area (TPSA) is 90.9 Å².